The molecule has 1 rings (SSSR count). The third-order valence-corrected chi connectivity index (χ3v) is 2.62. The molecule has 0 aliphatic carbocycles. The summed E-state index contributed by atoms with van der Waals surface area (Å²) in [6.07, 6.45) is 5.31. The van der Waals surface area contributed by atoms with Crippen LogP contribution in [0.25, 0.3) is 0 Å². The Morgan fingerprint density at radius 3 is 2.21 bits per heavy atom. The molecular weight excluding hydrogens is 168 g/mol. The average molecular weight is 190 g/mol. The van der Waals surface area contributed by atoms with Gasteiger partial charge in [-0.3, -0.25) is 0 Å². The van der Waals surface area contributed by atoms with Crippen molar-refractivity contribution in [1.82, 2.24) is 0 Å². The first-order chi connectivity index (χ1) is 6.68. The molecule has 0 heteroatoms. The van der Waals surface area contributed by atoms with Gasteiger partial charge >= 0.3 is 0 Å². The lowest BCUT2D eigenvalue weighted by atomic mass is 10.0. The first kappa shape index (κ1) is 11.3. The summed E-state index contributed by atoms with van der Waals surface area (Å²) in [6, 6.07) is 8.92. The summed E-state index contributed by atoms with van der Waals surface area (Å²) in [7, 11) is 0. The van der Waals surface area contributed by atoms with Crippen molar-refractivity contribution in [1.29, 1.82) is 0 Å². The standard InChI is InChI=1S/C14H22/c1-12(2)6-4-5-7-14-10-8-13(3)9-11-14/h8-12H,4-7H2,1-3H3. The number of hydrogen-bond acceptors (Lipinski definition) is 0. The van der Waals surface area contributed by atoms with Crippen LogP contribution in [0.3, 0.4) is 0 Å². The molecule has 1 aromatic rings. The van der Waals surface area contributed by atoms with E-state index in [4.69, 9.17) is 0 Å². The second-order valence-electron chi connectivity index (χ2n) is 4.63. The van der Waals surface area contributed by atoms with Crippen LogP contribution in [-0.4, -0.2) is 0 Å². The van der Waals surface area contributed by atoms with Gasteiger partial charge in [0.15, 0.2) is 0 Å². The Labute approximate surface area is 88.4 Å². The summed E-state index contributed by atoms with van der Waals surface area (Å²) < 4.78 is 0. The van der Waals surface area contributed by atoms with Gasteiger partial charge in [-0.2, -0.15) is 0 Å². The van der Waals surface area contributed by atoms with Crippen LogP contribution in [-0.2, 0) is 6.42 Å². The fourth-order valence-electron chi connectivity index (χ4n) is 1.64. The van der Waals surface area contributed by atoms with E-state index in [1.165, 1.54) is 36.8 Å². The van der Waals surface area contributed by atoms with Gasteiger partial charge in [0, 0.05) is 0 Å². The molecule has 0 heterocycles. The molecule has 0 aliphatic rings. The zero-order valence-corrected chi connectivity index (χ0v) is 9.72. The van der Waals surface area contributed by atoms with Crippen LogP contribution in [0.2, 0.25) is 0 Å². The van der Waals surface area contributed by atoms with Crippen LogP contribution in [0.1, 0.15) is 44.2 Å². The normalized spacial score (nSPS) is 10.9. The monoisotopic (exact) mass is 190 g/mol. The van der Waals surface area contributed by atoms with Crippen LogP contribution in [0.15, 0.2) is 24.3 Å². The molecule has 0 saturated heterocycles. The van der Waals surface area contributed by atoms with Gasteiger partial charge < -0.3 is 0 Å². The van der Waals surface area contributed by atoms with Crippen LogP contribution in [0.5, 0.6) is 0 Å². The highest BCUT2D eigenvalue weighted by atomic mass is 14.0. The van der Waals surface area contributed by atoms with Crippen molar-refractivity contribution >= 4 is 0 Å². The molecule has 0 N–H and O–H groups in total. The summed E-state index contributed by atoms with van der Waals surface area (Å²) in [6.45, 7) is 6.74. The van der Waals surface area contributed by atoms with Gasteiger partial charge in [-0.25, -0.2) is 0 Å². The highest BCUT2D eigenvalue weighted by Gasteiger charge is 1.95. The number of rotatable bonds is 5. The summed E-state index contributed by atoms with van der Waals surface area (Å²) in [5.74, 6) is 0.855. The summed E-state index contributed by atoms with van der Waals surface area (Å²) in [5, 5.41) is 0. The van der Waals surface area contributed by atoms with Gasteiger partial charge in [0.2, 0.25) is 0 Å². The van der Waals surface area contributed by atoms with E-state index in [-0.39, 0.29) is 0 Å². The largest absolute Gasteiger partial charge is 0.0628 e. The number of aryl methyl sites for hydroxylation is 2. The molecule has 0 nitrogen and oxygen atoms in total. The molecule has 1 aromatic carbocycles. The quantitative estimate of drug-likeness (QED) is 0.605. The molecule has 0 amide bonds. The topological polar surface area (TPSA) is 0 Å². The third-order valence-electron chi connectivity index (χ3n) is 2.62. The minimum absolute atomic E-state index is 0.855. The molecule has 0 saturated carbocycles. The highest BCUT2D eigenvalue weighted by Crippen LogP contribution is 2.11. The Bertz CT molecular complexity index is 243. The van der Waals surface area contributed by atoms with E-state index >= 15 is 0 Å². The predicted molar refractivity (Wildman–Crippen MR) is 63.6 cm³/mol. The van der Waals surface area contributed by atoms with Gasteiger partial charge in [0.05, 0.1) is 0 Å². The van der Waals surface area contributed by atoms with Gasteiger partial charge in [-0.1, -0.05) is 56.5 Å². The van der Waals surface area contributed by atoms with Crippen molar-refractivity contribution in [3.63, 3.8) is 0 Å². The maximum Gasteiger partial charge on any atom is -0.0279 e. The Hall–Kier alpha value is -0.780. The van der Waals surface area contributed by atoms with Crippen molar-refractivity contribution in [2.24, 2.45) is 5.92 Å². The zero-order chi connectivity index (χ0) is 10.4. The van der Waals surface area contributed by atoms with Crippen molar-refractivity contribution in [3.05, 3.63) is 35.4 Å². The number of unbranched alkanes of at least 4 members (excludes halogenated alkanes) is 1. The zero-order valence-electron chi connectivity index (χ0n) is 9.72. The molecule has 0 spiro atoms. The Morgan fingerprint density at radius 1 is 1.00 bits per heavy atom. The fraction of sp³-hybridized carbons (Fsp3) is 0.571. The number of benzene rings is 1. The minimum atomic E-state index is 0.855. The molecule has 0 unspecified atom stereocenters. The predicted octanol–water partition coefficient (Wildman–Crippen LogP) is 4.36. The minimum Gasteiger partial charge on any atom is -0.0628 e. The van der Waals surface area contributed by atoms with Crippen molar-refractivity contribution in [2.75, 3.05) is 0 Å². The van der Waals surface area contributed by atoms with Crippen molar-refractivity contribution in [3.8, 4) is 0 Å². The third kappa shape index (κ3) is 4.45. The van der Waals surface area contributed by atoms with Crippen LogP contribution >= 0.6 is 0 Å². The first-order valence-electron chi connectivity index (χ1n) is 5.74. The SMILES string of the molecule is Cc1ccc(CCCCC(C)C)cc1. The van der Waals surface area contributed by atoms with E-state index in [0.29, 0.717) is 0 Å². The van der Waals surface area contributed by atoms with Crippen molar-refractivity contribution in [2.45, 2.75) is 46.5 Å². The molecule has 0 aromatic heterocycles. The van der Waals surface area contributed by atoms with E-state index in [2.05, 4.69) is 45.0 Å². The van der Waals surface area contributed by atoms with E-state index in [1.807, 2.05) is 0 Å². The second-order valence-corrected chi connectivity index (χ2v) is 4.63. The maximum absolute atomic E-state index is 2.30. The highest BCUT2D eigenvalue weighted by molar-refractivity contribution is 5.21. The number of hydrogen-bond donors (Lipinski definition) is 0. The first-order valence-corrected chi connectivity index (χ1v) is 5.74. The Kier molecular flexibility index (Phi) is 4.72. The Morgan fingerprint density at radius 2 is 1.64 bits per heavy atom. The van der Waals surface area contributed by atoms with E-state index in [9.17, 15) is 0 Å². The lowest BCUT2D eigenvalue weighted by Gasteiger charge is -2.04. The van der Waals surface area contributed by atoms with Gasteiger partial charge in [-0.05, 0) is 31.2 Å². The fourth-order valence-corrected chi connectivity index (χ4v) is 1.64. The molecule has 14 heavy (non-hydrogen) atoms. The smallest absolute Gasteiger partial charge is 0.0279 e. The lowest BCUT2D eigenvalue weighted by Crippen LogP contribution is -1.90. The molecule has 0 fully saturated rings. The van der Waals surface area contributed by atoms with Crippen LogP contribution < -0.4 is 0 Å². The van der Waals surface area contributed by atoms with E-state index in [0.717, 1.165) is 5.92 Å². The molecular formula is C14H22. The lowest BCUT2D eigenvalue weighted by molar-refractivity contribution is 0.538. The summed E-state index contributed by atoms with van der Waals surface area (Å²) in [5.41, 5.74) is 2.84. The summed E-state index contributed by atoms with van der Waals surface area (Å²) in [4.78, 5) is 0. The van der Waals surface area contributed by atoms with Gasteiger partial charge in [0.25, 0.3) is 0 Å². The van der Waals surface area contributed by atoms with Crippen molar-refractivity contribution < 1.29 is 0 Å². The Balaban J connectivity index is 2.21. The van der Waals surface area contributed by atoms with Gasteiger partial charge in [-0.15, -0.1) is 0 Å². The maximum atomic E-state index is 2.30. The van der Waals surface area contributed by atoms with Crippen LogP contribution in [0, 0.1) is 12.8 Å². The molecule has 0 radical (unpaired) electrons. The molecule has 78 valence electrons. The van der Waals surface area contributed by atoms with Gasteiger partial charge in [0.1, 0.15) is 0 Å². The molecule has 0 atom stereocenters. The average Bonchev–Trinajstić information content (AvgIpc) is 2.15. The van der Waals surface area contributed by atoms with E-state index in [1.54, 1.807) is 0 Å². The summed E-state index contributed by atoms with van der Waals surface area (Å²) >= 11 is 0. The second kappa shape index (κ2) is 5.85. The molecule has 0 bridgehead atoms. The van der Waals surface area contributed by atoms with Crippen LogP contribution in [0.4, 0.5) is 0 Å². The molecule has 0 aliphatic heterocycles. The van der Waals surface area contributed by atoms with E-state index < -0.39 is 0 Å².